The zero-order valence-electron chi connectivity index (χ0n) is 14.6. The van der Waals surface area contributed by atoms with Gasteiger partial charge in [0.25, 0.3) is 0 Å². The second kappa shape index (κ2) is 6.99. The Morgan fingerprint density at radius 1 is 1.05 bits per heavy atom. The van der Waals surface area contributed by atoms with Gasteiger partial charge in [0.05, 0.1) is 17.8 Å². The summed E-state index contributed by atoms with van der Waals surface area (Å²) in [4.78, 5) is 24.8. The minimum absolute atomic E-state index is 0.302. The molecule has 5 heteroatoms. The first-order chi connectivity index (χ1) is 10.1. The highest BCUT2D eigenvalue weighted by atomic mass is 16.6. The SMILES string of the molecule is CCOC(=O)C1=C(C)NC(C)=C(C(=O)OC(C)(C)C)C1CC. The minimum atomic E-state index is -0.580. The van der Waals surface area contributed by atoms with Crippen LogP contribution in [-0.2, 0) is 19.1 Å². The fourth-order valence-electron chi connectivity index (χ4n) is 2.62. The highest BCUT2D eigenvalue weighted by molar-refractivity contribution is 5.97. The molecule has 1 aliphatic heterocycles. The zero-order valence-corrected chi connectivity index (χ0v) is 14.6. The molecule has 0 aliphatic carbocycles. The summed E-state index contributed by atoms with van der Waals surface area (Å²) in [6.45, 7) is 13.1. The lowest BCUT2D eigenvalue weighted by atomic mass is 9.83. The number of nitrogens with one attached hydrogen (secondary N) is 1. The maximum absolute atomic E-state index is 12.5. The van der Waals surface area contributed by atoms with Gasteiger partial charge in [0, 0.05) is 17.3 Å². The number of carbonyl (C=O) groups is 2. The van der Waals surface area contributed by atoms with Crippen LogP contribution in [0.3, 0.4) is 0 Å². The van der Waals surface area contributed by atoms with Crippen molar-refractivity contribution in [3.63, 3.8) is 0 Å². The van der Waals surface area contributed by atoms with Crippen LogP contribution in [0, 0.1) is 5.92 Å². The molecule has 0 aromatic rings. The molecule has 0 aromatic heterocycles. The van der Waals surface area contributed by atoms with E-state index in [-0.39, 0.29) is 11.9 Å². The number of hydrogen-bond donors (Lipinski definition) is 1. The zero-order chi connectivity index (χ0) is 17.1. The standard InChI is InChI=1S/C17H27NO4/c1-8-12-13(15(19)21-9-2)10(3)18-11(4)14(12)16(20)22-17(5,6)7/h12,18H,8-9H2,1-7H3. The number of ether oxygens (including phenoxy) is 2. The quantitative estimate of drug-likeness (QED) is 0.809. The fourth-order valence-corrected chi connectivity index (χ4v) is 2.62. The topological polar surface area (TPSA) is 64.6 Å². The molecule has 1 atom stereocenters. The Hall–Kier alpha value is -1.78. The van der Waals surface area contributed by atoms with Crippen LogP contribution in [0.2, 0.25) is 0 Å². The van der Waals surface area contributed by atoms with Gasteiger partial charge in [-0.3, -0.25) is 0 Å². The van der Waals surface area contributed by atoms with Gasteiger partial charge in [-0.05, 0) is 48.0 Å². The second-order valence-electron chi connectivity index (χ2n) is 6.39. The third-order valence-electron chi connectivity index (χ3n) is 3.40. The molecule has 0 saturated heterocycles. The first kappa shape index (κ1) is 18.3. The van der Waals surface area contributed by atoms with Crippen LogP contribution in [-0.4, -0.2) is 24.1 Å². The van der Waals surface area contributed by atoms with Crippen LogP contribution in [0.25, 0.3) is 0 Å². The number of allylic oxidation sites excluding steroid dienone is 2. The van der Waals surface area contributed by atoms with Gasteiger partial charge in [-0.2, -0.15) is 0 Å². The molecule has 5 nitrogen and oxygen atoms in total. The van der Waals surface area contributed by atoms with Crippen LogP contribution < -0.4 is 5.32 Å². The van der Waals surface area contributed by atoms with E-state index in [0.29, 0.717) is 24.2 Å². The van der Waals surface area contributed by atoms with Crippen molar-refractivity contribution in [2.45, 2.75) is 60.5 Å². The summed E-state index contributed by atoms with van der Waals surface area (Å²) in [5.74, 6) is -1.08. The van der Waals surface area contributed by atoms with Gasteiger partial charge in [0.1, 0.15) is 5.60 Å². The molecule has 0 amide bonds. The van der Waals surface area contributed by atoms with Crippen LogP contribution in [0.4, 0.5) is 0 Å². The predicted octanol–water partition coefficient (Wildman–Crippen LogP) is 3.07. The summed E-state index contributed by atoms with van der Waals surface area (Å²) in [5, 5.41) is 3.11. The first-order valence-corrected chi connectivity index (χ1v) is 7.71. The van der Waals surface area contributed by atoms with Crippen LogP contribution in [0.1, 0.15) is 54.9 Å². The van der Waals surface area contributed by atoms with Gasteiger partial charge in [0.15, 0.2) is 0 Å². The Morgan fingerprint density at radius 2 is 1.55 bits per heavy atom. The smallest absolute Gasteiger partial charge is 0.336 e. The van der Waals surface area contributed by atoms with Crippen LogP contribution in [0.15, 0.2) is 22.5 Å². The minimum Gasteiger partial charge on any atom is -0.463 e. The maximum atomic E-state index is 12.5. The molecule has 0 spiro atoms. The Morgan fingerprint density at radius 3 is 1.95 bits per heavy atom. The monoisotopic (exact) mass is 309 g/mol. The predicted molar refractivity (Wildman–Crippen MR) is 84.8 cm³/mol. The molecule has 0 aromatic carbocycles. The molecular formula is C17H27NO4. The molecule has 1 unspecified atom stereocenters. The molecule has 1 N–H and O–H groups in total. The summed E-state index contributed by atoms with van der Waals surface area (Å²) in [6.07, 6.45) is 0.624. The largest absolute Gasteiger partial charge is 0.463 e. The molecule has 0 fully saturated rings. The number of hydrogen-bond acceptors (Lipinski definition) is 5. The van der Waals surface area contributed by atoms with Crippen molar-refractivity contribution in [2.75, 3.05) is 6.61 Å². The van der Waals surface area contributed by atoms with Crippen molar-refractivity contribution in [3.8, 4) is 0 Å². The third-order valence-corrected chi connectivity index (χ3v) is 3.40. The molecular weight excluding hydrogens is 282 g/mol. The molecule has 1 rings (SSSR count). The van der Waals surface area contributed by atoms with Gasteiger partial charge in [0.2, 0.25) is 0 Å². The van der Waals surface area contributed by atoms with Gasteiger partial charge in [-0.15, -0.1) is 0 Å². The van der Waals surface area contributed by atoms with Gasteiger partial charge < -0.3 is 14.8 Å². The summed E-state index contributed by atoms with van der Waals surface area (Å²) >= 11 is 0. The van der Waals surface area contributed by atoms with Crippen molar-refractivity contribution >= 4 is 11.9 Å². The van der Waals surface area contributed by atoms with E-state index in [0.717, 1.165) is 11.4 Å². The lowest BCUT2D eigenvalue weighted by Crippen LogP contribution is -2.35. The first-order valence-electron chi connectivity index (χ1n) is 7.71. The molecule has 0 saturated carbocycles. The maximum Gasteiger partial charge on any atom is 0.336 e. The van der Waals surface area contributed by atoms with E-state index in [2.05, 4.69) is 5.32 Å². The van der Waals surface area contributed by atoms with Gasteiger partial charge in [-0.1, -0.05) is 6.92 Å². The average Bonchev–Trinajstić information content (AvgIpc) is 2.35. The molecule has 1 heterocycles. The van der Waals surface area contributed by atoms with E-state index >= 15 is 0 Å². The molecule has 124 valence electrons. The van der Waals surface area contributed by atoms with E-state index in [1.165, 1.54) is 0 Å². The molecule has 1 aliphatic rings. The number of dihydropyridines is 1. The van der Waals surface area contributed by atoms with Crippen molar-refractivity contribution < 1.29 is 19.1 Å². The molecule has 22 heavy (non-hydrogen) atoms. The van der Waals surface area contributed by atoms with E-state index in [4.69, 9.17) is 9.47 Å². The molecule has 0 bridgehead atoms. The van der Waals surface area contributed by atoms with Crippen molar-refractivity contribution in [3.05, 3.63) is 22.5 Å². The highest BCUT2D eigenvalue weighted by Gasteiger charge is 2.36. The summed E-state index contributed by atoms with van der Waals surface area (Å²) < 4.78 is 10.6. The third kappa shape index (κ3) is 4.12. The van der Waals surface area contributed by atoms with Crippen LogP contribution >= 0.6 is 0 Å². The lowest BCUT2D eigenvalue weighted by molar-refractivity contribution is -0.150. The van der Waals surface area contributed by atoms with E-state index in [9.17, 15) is 9.59 Å². The normalized spacial score (nSPS) is 19.0. The number of rotatable bonds is 4. The highest BCUT2D eigenvalue weighted by Crippen LogP contribution is 2.34. The van der Waals surface area contributed by atoms with Crippen molar-refractivity contribution in [1.82, 2.24) is 5.32 Å². The van der Waals surface area contributed by atoms with Crippen molar-refractivity contribution in [1.29, 1.82) is 0 Å². The summed E-state index contributed by atoms with van der Waals surface area (Å²) in [5.41, 5.74) is 1.90. The Labute approximate surface area is 132 Å². The Balaban J connectivity index is 3.20. The van der Waals surface area contributed by atoms with Gasteiger partial charge >= 0.3 is 11.9 Å². The Bertz CT molecular complexity index is 523. The summed E-state index contributed by atoms with van der Waals surface area (Å²) in [6, 6.07) is 0. The van der Waals surface area contributed by atoms with Crippen LogP contribution in [0.5, 0.6) is 0 Å². The van der Waals surface area contributed by atoms with E-state index < -0.39 is 11.6 Å². The van der Waals surface area contributed by atoms with E-state index in [1.807, 2.05) is 41.5 Å². The summed E-state index contributed by atoms with van der Waals surface area (Å²) in [7, 11) is 0. The van der Waals surface area contributed by atoms with Crippen molar-refractivity contribution in [2.24, 2.45) is 5.92 Å². The van der Waals surface area contributed by atoms with Gasteiger partial charge in [-0.25, -0.2) is 9.59 Å². The average molecular weight is 309 g/mol. The number of carbonyl (C=O) groups excluding carboxylic acids is 2. The number of esters is 2. The molecule has 0 radical (unpaired) electrons. The second-order valence-corrected chi connectivity index (χ2v) is 6.39. The Kier molecular flexibility index (Phi) is 5.80. The fraction of sp³-hybridized carbons (Fsp3) is 0.647. The lowest BCUT2D eigenvalue weighted by Gasteiger charge is -2.31. The van der Waals surface area contributed by atoms with E-state index in [1.54, 1.807) is 6.92 Å².